The van der Waals surface area contributed by atoms with Crippen molar-refractivity contribution in [2.24, 2.45) is 5.73 Å². The first-order chi connectivity index (χ1) is 58.9. The number of nitrogens with zero attached hydrogens (tertiary/aromatic N) is 8. The minimum atomic E-state index is -3.52. The highest BCUT2D eigenvalue weighted by Gasteiger charge is 2.50. The summed E-state index contributed by atoms with van der Waals surface area (Å²) < 4.78 is 114. The Hall–Kier alpha value is -7.93. The molecule has 0 spiro atoms. The van der Waals surface area contributed by atoms with E-state index in [1.807, 2.05) is 143 Å². The van der Waals surface area contributed by atoms with Crippen molar-refractivity contribution in [2.45, 2.75) is 151 Å². The topological polar surface area (TPSA) is 332 Å². The SMILES string of the molecule is CC1(C)OB(/C=C/c2cnc(F)nc2)OC1(C)C.CN(C)C1CCC(N)CC1.CN(C)C1CCC(Nc2ncc(/C=C/c3ccc(CS(=O)(=O)c4ccccc4Cl)cc3)cn2)CC1.ClSc1ccccc1Cl.Nc1ccc(Br)cc1.O.O.O=S(=O)(Cc1ccc(/C=C/c2cnc(F)nc2)cc1)c1ccccc1Cl.O=S(=O)(Cc1ccc(Br)cc1)c1ccccc1Cl. The Bertz CT molecular complexity index is 5600. The van der Waals surface area contributed by atoms with Gasteiger partial charge in [0.05, 0.1) is 63.2 Å². The van der Waals surface area contributed by atoms with E-state index in [4.69, 9.17) is 77.9 Å². The lowest BCUT2D eigenvalue weighted by atomic mass is 9.89. The van der Waals surface area contributed by atoms with E-state index in [2.05, 4.69) is 105 Å². The molecule has 0 unspecified atom stereocenters. The van der Waals surface area contributed by atoms with Gasteiger partial charge in [0.1, 0.15) is 0 Å². The van der Waals surface area contributed by atoms with Crippen LogP contribution in [-0.2, 0) is 56.1 Å². The summed E-state index contributed by atoms with van der Waals surface area (Å²) in [6.07, 6.45) is 26.5. The van der Waals surface area contributed by atoms with Crippen LogP contribution in [0.5, 0.6) is 0 Å². The molecule has 1 saturated heterocycles. The highest BCUT2D eigenvalue weighted by Crippen LogP contribution is 2.38. The largest absolute Gasteiger partial charge is 0.487 e. The summed E-state index contributed by atoms with van der Waals surface area (Å²) in [5, 5.41) is 4.88. The Morgan fingerprint density at radius 3 is 1.10 bits per heavy atom. The van der Waals surface area contributed by atoms with E-state index in [1.54, 1.807) is 109 Å². The molecule has 0 bridgehead atoms. The maximum Gasteiger partial charge on any atom is 0.487 e. The smallest absolute Gasteiger partial charge is 0.412 e. The highest BCUT2D eigenvalue weighted by molar-refractivity contribution is 9.10. The summed E-state index contributed by atoms with van der Waals surface area (Å²) in [5.74, 6) is 2.16. The first-order valence-corrected chi connectivity index (χ1v) is 49.0. The second kappa shape index (κ2) is 52.1. The Morgan fingerprint density at radius 1 is 0.452 bits per heavy atom. The number of hydrogen-bond donors (Lipinski definition) is 3. The lowest BCUT2D eigenvalue weighted by Crippen LogP contribution is -2.41. The number of nitrogens with one attached hydrogen (secondary N) is 1. The van der Waals surface area contributed by atoms with Crippen molar-refractivity contribution in [1.29, 1.82) is 0 Å². The van der Waals surface area contributed by atoms with Gasteiger partial charge in [-0.05, 0) is 242 Å². The molecule has 35 heteroatoms. The van der Waals surface area contributed by atoms with E-state index in [-0.39, 0.29) is 69.2 Å². The number of rotatable bonds is 20. The van der Waals surface area contributed by atoms with Gasteiger partial charge in [0, 0.05) is 97.6 Å². The third kappa shape index (κ3) is 35.8. The fourth-order valence-electron chi connectivity index (χ4n) is 12.4. The second-order valence-corrected chi connectivity index (χ2v) is 40.8. The lowest BCUT2D eigenvalue weighted by Gasteiger charge is -2.32. The second-order valence-electron chi connectivity index (χ2n) is 30.4. The van der Waals surface area contributed by atoms with Crippen LogP contribution in [0.1, 0.15) is 124 Å². The Balaban J connectivity index is 0.000000240. The highest BCUT2D eigenvalue weighted by atomic mass is 79.9. The first kappa shape index (κ1) is 107. The molecule has 1 aliphatic heterocycles. The number of benzene rings is 8. The monoisotopic (exact) mass is 2020 g/mol. The molecule has 0 amide bonds. The van der Waals surface area contributed by atoms with Gasteiger partial charge in [-0.2, -0.15) is 8.78 Å². The van der Waals surface area contributed by atoms with E-state index >= 15 is 0 Å². The van der Waals surface area contributed by atoms with Crippen LogP contribution in [0.25, 0.3) is 30.4 Å². The summed E-state index contributed by atoms with van der Waals surface area (Å²) in [6.45, 7) is 7.95. The van der Waals surface area contributed by atoms with E-state index < -0.39 is 48.8 Å². The fraction of sp³-hybridized carbons (Fsp3) is 0.275. The molecule has 2 aliphatic carbocycles. The lowest BCUT2D eigenvalue weighted by molar-refractivity contribution is 0.00578. The Kier molecular flexibility index (Phi) is 44.1. The molecule has 21 nitrogen and oxygen atoms in total. The Labute approximate surface area is 784 Å². The van der Waals surface area contributed by atoms with Crippen LogP contribution in [-0.4, -0.2) is 147 Å². The average Bonchev–Trinajstić information content (AvgIpc) is 1.63. The van der Waals surface area contributed by atoms with Gasteiger partial charge in [-0.1, -0.05) is 224 Å². The van der Waals surface area contributed by atoms with Crippen molar-refractivity contribution in [3.63, 3.8) is 0 Å². The van der Waals surface area contributed by atoms with Crippen LogP contribution in [0.15, 0.2) is 266 Å². The quantitative estimate of drug-likeness (QED) is 0.0362. The van der Waals surface area contributed by atoms with Crippen molar-refractivity contribution in [3.8, 4) is 0 Å². The molecule has 0 radical (unpaired) electrons. The van der Waals surface area contributed by atoms with Crippen LogP contribution in [0.4, 0.5) is 20.4 Å². The van der Waals surface area contributed by atoms with Crippen LogP contribution >= 0.6 is 99.9 Å². The van der Waals surface area contributed by atoms with Crippen LogP contribution < -0.4 is 16.8 Å². The predicted molar refractivity (Wildman–Crippen MR) is 519 cm³/mol. The molecule has 8 aromatic carbocycles. The summed E-state index contributed by atoms with van der Waals surface area (Å²) in [6, 6.07) is 58.5. The summed E-state index contributed by atoms with van der Waals surface area (Å²) in [5.41, 5.74) is 17.5. The van der Waals surface area contributed by atoms with Gasteiger partial charge in [0.2, 0.25) is 5.95 Å². The zero-order valence-electron chi connectivity index (χ0n) is 70.6. The van der Waals surface area contributed by atoms with Gasteiger partial charge in [0.15, 0.2) is 29.5 Å². The molecule has 4 heterocycles. The molecule has 11 aromatic rings. The van der Waals surface area contributed by atoms with Gasteiger partial charge < -0.3 is 46.8 Å². The number of halogens is 9. The van der Waals surface area contributed by atoms with Crippen LogP contribution in [0.3, 0.4) is 0 Å². The molecule has 3 aromatic heterocycles. The van der Waals surface area contributed by atoms with Crippen molar-refractivity contribution < 1.29 is 54.3 Å². The molecule has 14 rings (SSSR count). The van der Waals surface area contributed by atoms with Gasteiger partial charge in [-0.3, -0.25) is 0 Å². The Morgan fingerprint density at radius 2 is 0.762 bits per heavy atom. The average molecular weight is 2030 g/mol. The normalized spacial score (nSPS) is 16.4. The molecule has 672 valence electrons. The summed E-state index contributed by atoms with van der Waals surface area (Å²) in [7, 11) is 4.36. The van der Waals surface area contributed by atoms with Crippen molar-refractivity contribution in [1.82, 2.24) is 39.7 Å². The minimum absolute atomic E-state index is 0. The number of nitrogen functional groups attached to an aromatic ring is 1. The van der Waals surface area contributed by atoms with E-state index in [9.17, 15) is 34.0 Å². The number of aromatic nitrogens is 6. The van der Waals surface area contributed by atoms with Crippen molar-refractivity contribution >= 4 is 179 Å². The van der Waals surface area contributed by atoms with Gasteiger partial charge in [-0.25, -0.2) is 55.2 Å². The van der Waals surface area contributed by atoms with Gasteiger partial charge in [-0.15, -0.1) is 0 Å². The molecule has 9 N–H and O–H groups in total. The standard InChI is InChI=1S/C27H31ClN4O2S.C19H14ClFN2O2S.C13H10BrClO2S.C12H16BFN2O2.C8H18N2.C6H6BrN.C6H4Cl2S.2H2O/c1-32(2)24-15-13-23(14-16-24)31-27-29-17-22(18-30-27)12-9-20-7-10-21(11-8-20)19-35(33,34)26-6-4-3-5-25(26)28;20-17-3-1-2-4-18(17)26(24,25)13-15-8-5-14(6-9-15)7-10-16-11-22-19(21)23-12-16;14-11-7-5-10(6-8-11)9-18(16,17)13-4-2-1-3-12(13)15;1-11(2)12(3,4)18-13(17-11)6-5-9-7-15-10(14)16-8-9;1-10(2)8-5-3-7(9)4-6-8;7-5-1-3-6(8)4-2-5;7-5-3-1-2-4-6(5)9-8;;/h3-12,17-18,23-24H,13-16,19H2,1-2H3,(H,29,30,31);1-12H,13H2;1-8H,9H2;5-8H,1-4H3;7-8H,3-6,9H2,1-2H3;1-4H,8H2;1-4H;2*1H2/b12-9+;10-7+;;6-5+;;;;;. The molecule has 126 heavy (non-hydrogen) atoms. The molecule has 2 saturated carbocycles. The molecule has 3 fully saturated rings. The fourth-order valence-corrected chi connectivity index (χ4v) is 19.7. The maximum absolute atomic E-state index is 12.7. The third-order valence-corrected chi connectivity index (χ3v) is 29.1. The van der Waals surface area contributed by atoms with E-state index in [1.165, 1.54) is 81.5 Å². The first-order valence-electron chi connectivity index (χ1n) is 39.3. The van der Waals surface area contributed by atoms with E-state index in [0.29, 0.717) is 51.4 Å². The van der Waals surface area contributed by atoms with Crippen LogP contribution in [0.2, 0.25) is 20.1 Å². The molecular formula is C91H103BBr2Cl5F2N11O10S4. The van der Waals surface area contributed by atoms with Gasteiger partial charge in [0.25, 0.3) is 0 Å². The third-order valence-electron chi connectivity index (χ3n) is 20.1. The van der Waals surface area contributed by atoms with Gasteiger partial charge >= 0.3 is 19.3 Å². The summed E-state index contributed by atoms with van der Waals surface area (Å²) >= 11 is 30.3. The van der Waals surface area contributed by atoms with E-state index in [0.717, 1.165) is 71.6 Å². The zero-order chi connectivity index (χ0) is 90.2. The van der Waals surface area contributed by atoms with Crippen LogP contribution in [0, 0.1) is 12.2 Å². The summed E-state index contributed by atoms with van der Waals surface area (Å²) in [4.78, 5) is 28.8. The maximum atomic E-state index is 12.7. The van der Waals surface area contributed by atoms with Crippen molar-refractivity contribution in [3.05, 3.63) is 323 Å². The number of nitrogens with two attached hydrogens (primary N) is 2. The molecule has 3 aliphatic rings. The van der Waals surface area contributed by atoms with Crippen molar-refractivity contribution in [2.75, 3.05) is 39.2 Å². The number of hydrogen-bond acceptors (Lipinski definition) is 20. The minimum Gasteiger partial charge on any atom is -0.412 e. The molecule has 0 atom stereocenters. The zero-order valence-corrected chi connectivity index (χ0v) is 80.8. The number of sulfone groups is 3. The number of anilines is 2. The predicted octanol–water partition coefficient (Wildman–Crippen LogP) is 21.1. The molecular weight excluding hydrogens is 1920 g/mol.